The summed E-state index contributed by atoms with van der Waals surface area (Å²) in [5, 5.41) is 10.3. The Morgan fingerprint density at radius 1 is 1.39 bits per heavy atom. The van der Waals surface area contributed by atoms with Crippen molar-refractivity contribution in [2.45, 2.75) is 33.2 Å². The van der Waals surface area contributed by atoms with Gasteiger partial charge in [-0.1, -0.05) is 20.8 Å². The number of carbonyl (C=O) groups is 2. The molecule has 2 aromatic heterocycles. The van der Waals surface area contributed by atoms with E-state index in [-0.39, 0.29) is 23.7 Å². The number of nitrogens with zero attached hydrogens (tertiary/aromatic N) is 5. The summed E-state index contributed by atoms with van der Waals surface area (Å²) in [5.41, 5.74) is 0.764. The number of nitriles is 1. The Balaban J connectivity index is 1.83. The van der Waals surface area contributed by atoms with E-state index < -0.39 is 5.92 Å². The van der Waals surface area contributed by atoms with Crippen molar-refractivity contribution in [3.8, 4) is 6.07 Å². The highest BCUT2D eigenvalue weighted by Crippen LogP contribution is 2.29. The standard InChI is InChI=1S/C20H26N6O2/c1-12(2)17(27)15(9-21)20(28)26-8-6-13(3)16(10-26)25(4)19-14-5-7-22-18(14)23-11-24-19/h5,7,11-13,15-16H,6,8,10H2,1-4H3,(H,22,23,24). The average molecular weight is 382 g/mol. The van der Waals surface area contributed by atoms with E-state index in [1.54, 1.807) is 18.7 Å². The summed E-state index contributed by atoms with van der Waals surface area (Å²) in [5.74, 6) is -1.15. The number of aromatic amines is 1. The number of hydrogen-bond acceptors (Lipinski definition) is 6. The van der Waals surface area contributed by atoms with Gasteiger partial charge in [0.15, 0.2) is 11.7 Å². The number of Topliss-reactive ketones (excluding diaryl/α,β-unsaturated/α-hetero) is 1. The van der Waals surface area contributed by atoms with Gasteiger partial charge in [0.1, 0.15) is 17.8 Å². The van der Waals surface area contributed by atoms with Crippen LogP contribution in [0.2, 0.25) is 0 Å². The van der Waals surface area contributed by atoms with Crippen LogP contribution in [0.5, 0.6) is 0 Å². The molecule has 8 nitrogen and oxygen atoms in total. The lowest BCUT2D eigenvalue weighted by molar-refractivity contribution is -0.141. The first kappa shape index (κ1) is 19.8. The fourth-order valence-electron chi connectivity index (χ4n) is 3.81. The lowest BCUT2D eigenvalue weighted by Gasteiger charge is -2.42. The molecule has 0 aliphatic carbocycles. The molecular formula is C20H26N6O2. The largest absolute Gasteiger partial charge is 0.354 e. The van der Waals surface area contributed by atoms with Gasteiger partial charge in [-0.25, -0.2) is 9.97 Å². The fourth-order valence-corrected chi connectivity index (χ4v) is 3.81. The van der Waals surface area contributed by atoms with Gasteiger partial charge in [-0.3, -0.25) is 9.59 Å². The molecule has 8 heteroatoms. The van der Waals surface area contributed by atoms with E-state index in [1.807, 2.05) is 25.4 Å². The van der Waals surface area contributed by atoms with Crippen LogP contribution in [0.1, 0.15) is 27.2 Å². The second-order valence-corrected chi connectivity index (χ2v) is 7.78. The molecule has 0 bridgehead atoms. The van der Waals surface area contributed by atoms with Crippen molar-refractivity contribution in [3.05, 3.63) is 18.6 Å². The summed E-state index contributed by atoms with van der Waals surface area (Å²) in [6, 6.07) is 3.87. The van der Waals surface area contributed by atoms with Crippen molar-refractivity contribution in [2.75, 3.05) is 25.0 Å². The number of amides is 1. The summed E-state index contributed by atoms with van der Waals surface area (Å²) in [6.45, 7) is 6.59. The first-order valence-electron chi connectivity index (χ1n) is 9.58. The van der Waals surface area contributed by atoms with Crippen molar-refractivity contribution < 1.29 is 9.59 Å². The van der Waals surface area contributed by atoms with Crippen LogP contribution in [0.25, 0.3) is 11.0 Å². The molecule has 3 rings (SSSR count). The molecule has 1 amide bonds. The van der Waals surface area contributed by atoms with Crippen molar-refractivity contribution in [1.82, 2.24) is 19.9 Å². The highest BCUT2D eigenvalue weighted by molar-refractivity contribution is 6.04. The maximum Gasteiger partial charge on any atom is 0.247 e. The van der Waals surface area contributed by atoms with Crippen LogP contribution in [0, 0.1) is 29.1 Å². The van der Waals surface area contributed by atoms with Gasteiger partial charge in [0.05, 0.1) is 17.5 Å². The van der Waals surface area contributed by atoms with Crippen LogP contribution in [-0.4, -0.2) is 57.7 Å². The molecule has 28 heavy (non-hydrogen) atoms. The van der Waals surface area contributed by atoms with Crippen LogP contribution in [0.15, 0.2) is 18.6 Å². The molecule has 0 radical (unpaired) electrons. The van der Waals surface area contributed by atoms with Gasteiger partial charge in [-0.15, -0.1) is 0 Å². The van der Waals surface area contributed by atoms with Gasteiger partial charge in [0.25, 0.3) is 0 Å². The van der Waals surface area contributed by atoms with Crippen molar-refractivity contribution in [1.29, 1.82) is 5.26 Å². The predicted octanol–water partition coefficient (Wildman–Crippen LogP) is 2.00. The van der Waals surface area contributed by atoms with Crippen LogP contribution in [-0.2, 0) is 9.59 Å². The number of anilines is 1. The van der Waals surface area contributed by atoms with Crippen LogP contribution < -0.4 is 4.90 Å². The zero-order chi connectivity index (χ0) is 20.4. The van der Waals surface area contributed by atoms with Crippen molar-refractivity contribution >= 4 is 28.5 Å². The van der Waals surface area contributed by atoms with Gasteiger partial charge in [0.2, 0.25) is 5.91 Å². The van der Waals surface area contributed by atoms with E-state index in [9.17, 15) is 14.9 Å². The van der Waals surface area contributed by atoms with E-state index in [0.717, 1.165) is 23.3 Å². The van der Waals surface area contributed by atoms with E-state index in [1.165, 1.54) is 6.33 Å². The van der Waals surface area contributed by atoms with E-state index in [4.69, 9.17) is 0 Å². The Bertz CT molecular complexity index is 915. The number of hydrogen-bond donors (Lipinski definition) is 1. The molecule has 1 aliphatic rings. The minimum absolute atomic E-state index is 0.0270. The first-order chi connectivity index (χ1) is 13.3. The van der Waals surface area contributed by atoms with Crippen LogP contribution >= 0.6 is 0 Å². The third-order valence-corrected chi connectivity index (χ3v) is 5.62. The van der Waals surface area contributed by atoms with Gasteiger partial charge in [-0.05, 0) is 18.4 Å². The van der Waals surface area contributed by atoms with E-state index in [0.29, 0.717) is 19.0 Å². The molecule has 1 aliphatic heterocycles. The minimum Gasteiger partial charge on any atom is -0.354 e. The molecule has 1 fully saturated rings. The second kappa shape index (κ2) is 7.97. The van der Waals surface area contributed by atoms with Crippen molar-refractivity contribution in [2.24, 2.45) is 17.8 Å². The number of fused-ring (bicyclic) bond motifs is 1. The lowest BCUT2D eigenvalue weighted by Crippen LogP contribution is -2.54. The van der Waals surface area contributed by atoms with E-state index in [2.05, 4.69) is 26.8 Å². The summed E-state index contributed by atoms with van der Waals surface area (Å²) >= 11 is 0. The van der Waals surface area contributed by atoms with Crippen molar-refractivity contribution in [3.63, 3.8) is 0 Å². The SMILES string of the molecule is CC(C)C(=O)C(C#N)C(=O)N1CCC(C)C(N(C)c2ncnc3[nH]ccc23)C1. The third-order valence-electron chi connectivity index (χ3n) is 5.62. The Hall–Kier alpha value is -2.95. The molecule has 0 spiro atoms. The zero-order valence-corrected chi connectivity index (χ0v) is 16.7. The monoisotopic (exact) mass is 382 g/mol. The fraction of sp³-hybridized carbons (Fsp3) is 0.550. The Morgan fingerprint density at radius 3 is 2.82 bits per heavy atom. The maximum absolute atomic E-state index is 12.9. The molecule has 148 valence electrons. The second-order valence-electron chi connectivity index (χ2n) is 7.78. The predicted molar refractivity (Wildman–Crippen MR) is 105 cm³/mol. The lowest BCUT2D eigenvalue weighted by atomic mass is 9.89. The molecule has 3 atom stereocenters. The Labute approximate surface area is 164 Å². The normalized spacial score (nSPS) is 20.8. The summed E-state index contributed by atoms with van der Waals surface area (Å²) in [4.78, 5) is 40.7. The van der Waals surface area contributed by atoms with Gasteiger partial charge in [-0.2, -0.15) is 5.26 Å². The van der Waals surface area contributed by atoms with Crippen LogP contribution in [0.3, 0.4) is 0 Å². The number of likely N-dealkylation sites (tertiary alicyclic amines) is 1. The maximum atomic E-state index is 12.9. The molecule has 2 aromatic rings. The van der Waals surface area contributed by atoms with E-state index >= 15 is 0 Å². The number of carbonyl (C=O) groups excluding carboxylic acids is 2. The molecule has 1 N–H and O–H groups in total. The number of aromatic nitrogens is 3. The smallest absolute Gasteiger partial charge is 0.247 e. The third kappa shape index (κ3) is 3.57. The molecular weight excluding hydrogens is 356 g/mol. The highest BCUT2D eigenvalue weighted by Gasteiger charge is 2.37. The van der Waals surface area contributed by atoms with Gasteiger partial charge in [0, 0.05) is 32.3 Å². The molecule has 3 unspecified atom stereocenters. The number of nitrogens with one attached hydrogen (secondary N) is 1. The molecule has 0 aromatic carbocycles. The minimum atomic E-state index is -1.23. The molecule has 3 heterocycles. The Kier molecular flexibility index (Phi) is 5.63. The quantitative estimate of drug-likeness (QED) is 0.793. The summed E-state index contributed by atoms with van der Waals surface area (Å²) in [7, 11) is 1.96. The number of likely N-dealkylation sites (N-methyl/N-ethyl adjacent to an activating group) is 1. The topological polar surface area (TPSA) is 106 Å². The zero-order valence-electron chi connectivity index (χ0n) is 16.7. The summed E-state index contributed by atoms with van der Waals surface area (Å²) < 4.78 is 0. The highest BCUT2D eigenvalue weighted by atomic mass is 16.2. The van der Waals surface area contributed by atoms with Gasteiger partial charge >= 0.3 is 0 Å². The molecule has 0 saturated carbocycles. The number of piperidine rings is 1. The number of H-pyrrole nitrogens is 1. The first-order valence-corrected chi connectivity index (χ1v) is 9.58. The summed E-state index contributed by atoms with van der Waals surface area (Å²) in [6.07, 6.45) is 4.15. The Morgan fingerprint density at radius 2 is 2.14 bits per heavy atom. The van der Waals surface area contributed by atoms with Crippen LogP contribution in [0.4, 0.5) is 5.82 Å². The average Bonchev–Trinajstić information content (AvgIpc) is 3.17. The molecule has 1 saturated heterocycles. The number of ketones is 1. The van der Waals surface area contributed by atoms with Gasteiger partial charge < -0.3 is 14.8 Å². The number of rotatable bonds is 5.